The molecule has 3 aromatic rings. The third-order valence-electron chi connectivity index (χ3n) is 4.28. The minimum absolute atomic E-state index is 0.196. The third kappa shape index (κ3) is 3.42. The number of nitrogens with one attached hydrogen (secondary N) is 1. The molecule has 28 heavy (non-hydrogen) atoms. The summed E-state index contributed by atoms with van der Waals surface area (Å²) in [5, 5.41) is 12.3. The van der Waals surface area contributed by atoms with Crippen molar-refractivity contribution in [2.24, 2.45) is 0 Å². The number of nitrogens with zero attached hydrogens (tertiary/aromatic N) is 1. The molecule has 0 atom stereocenters. The second-order valence-corrected chi connectivity index (χ2v) is 6.09. The summed E-state index contributed by atoms with van der Waals surface area (Å²) in [4.78, 5) is 15.7. The Bertz CT molecular complexity index is 1040. The first-order valence-electron chi connectivity index (χ1n) is 8.70. The Morgan fingerprint density at radius 1 is 1.11 bits per heavy atom. The molecule has 0 spiro atoms. The lowest BCUT2D eigenvalue weighted by Gasteiger charge is -2.21. The molecule has 0 unspecified atom stereocenters. The van der Waals surface area contributed by atoms with E-state index < -0.39 is 5.97 Å². The van der Waals surface area contributed by atoms with Crippen LogP contribution in [0.1, 0.15) is 10.4 Å². The van der Waals surface area contributed by atoms with Crippen molar-refractivity contribution in [3.05, 3.63) is 60.2 Å². The van der Waals surface area contributed by atoms with Crippen LogP contribution in [0.25, 0.3) is 11.3 Å². The van der Waals surface area contributed by atoms with Gasteiger partial charge in [-0.15, -0.1) is 0 Å². The summed E-state index contributed by atoms with van der Waals surface area (Å²) in [7, 11) is 1.53. The largest absolute Gasteiger partial charge is 0.486 e. The zero-order chi connectivity index (χ0) is 19.5. The van der Waals surface area contributed by atoms with Crippen molar-refractivity contribution < 1.29 is 24.1 Å². The van der Waals surface area contributed by atoms with Crippen molar-refractivity contribution in [1.82, 2.24) is 4.98 Å². The summed E-state index contributed by atoms with van der Waals surface area (Å²) in [6.45, 7) is 1.01. The van der Waals surface area contributed by atoms with Gasteiger partial charge < -0.3 is 24.6 Å². The smallest absolute Gasteiger partial charge is 0.335 e. The van der Waals surface area contributed by atoms with Gasteiger partial charge in [0.25, 0.3) is 0 Å². The van der Waals surface area contributed by atoms with Gasteiger partial charge in [-0.3, -0.25) is 0 Å². The maximum atomic E-state index is 11.2. The fourth-order valence-corrected chi connectivity index (χ4v) is 3.00. The molecule has 1 aliphatic rings. The molecule has 4 rings (SSSR count). The highest BCUT2D eigenvalue weighted by molar-refractivity contribution is 5.89. The lowest BCUT2D eigenvalue weighted by molar-refractivity contribution is 0.0697. The van der Waals surface area contributed by atoms with Crippen LogP contribution >= 0.6 is 0 Å². The number of rotatable bonds is 5. The number of hydrogen-bond acceptors (Lipinski definition) is 6. The average molecular weight is 378 g/mol. The van der Waals surface area contributed by atoms with Crippen molar-refractivity contribution in [1.29, 1.82) is 0 Å². The van der Waals surface area contributed by atoms with E-state index in [2.05, 4.69) is 10.3 Å². The summed E-state index contributed by atoms with van der Waals surface area (Å²) in [6, 6.07) is 15.9. The molecule has 1 aromatic heterocycles. The second kappa shape index (κ2) is 7.48. The molecule has 7 heteroatoms. The zero-order valence-electron chi connectivity index (χ0n) is 15.1. The van der Waals surface area contributed by atoms with Crippen LogP contribution in [-0.4, -0.2) is 36.4 Å². The minimum Gasteiger partial charge on any atom is -0.486 e. The molecule has 7 nitrogen and oxygen atoms in total. The predicted octanol–water partition coefficient (Wildman–Crippen LogP) is 3.97. The van der Waals surface area contributed by atoms with E-state index in [0.29, 0.717) is 47.7 Å². The van der Waals surface area contributed by atoms with E-state index in [1.807, 2.05) is 30.3 Å². The van der Waals surface area contributed by atoms with E-state index in [1.165, 1.54) is 13.2 Å². The molecule has 0 amide bonds. The van der Waals surface area contributed by atoms with Crippen molar-refractivity contribution >= 4 is 17.3 Å². The summed E-state index contributed by atoms with van der Waals surface area (Å²) < 4.78 is 16.8. The predicted molar refractivity (Wildman–Crippen MR) is 104 cm³/mol. The first-order chi connectivity index (χ1) is 13.7. The van der Waals surface area contributed by atoms with Crippen molar-refractivity contribution in [3.63, 3.8) is 0 Å². The number of benzene rings is 2. The van der Waals surface area contributed by atoms with Crippen LogP contribution < -0.4 is 19.5 Å². The number of para-hydroxylation sites is 1. The van der Waals surface area contributed by atoms with Crippen molar-refractivity contribution in [3.8, 4) is 28.6 Å². The number of carboxylic acids is 1. The lowest BCUT2D eigenvalue weighted by atomic mass is 10.1. The molecule has 2 N–H and O–H groups in total. The average Bonchev–Trinajstić information content (AvgIpc) is 2.74. The van der Waals surface area contributed by atoms with E-state index in [4.69, 9.17) is 19.3 Å². The van der Waals surface area contributed by atoms with E-state index in [9.17, 15) is 4.79 Å². The second-order valence-electron chi connectivity index (χ2n) is 6.09. The number of aromatic nitrogens is 1. The molecule has 2 heterocycles. The Kier molecular flexibility index (Phi) is 4.72. The number of ether oxygens (including phenoxy) is 3. The molecule has 0 saturated heterocycles. The number of methoxy groups -OCH3 is 1. The molecule has 1 aliphatic heterocycles. The van der Waals surface area contributed by atoms with Crippen LogP contribution in [0.3, 0.4) is 0 Å². The normalized spacial score (nSPS) is 12.3. The van der Waals surface area contributed by atoms with Gasteiger partial charge in [0.2, 0.25) is 5.88 Å². The van der Waals surface area contributed by atoms with E-state index >= 15 is 0 Å². The Morgan fingerprint density at radius 3 is 2.75 bits per heavy atom. The fourth-order valence-electron chi connectivity index (χ4n) is 3.00. The highest BCUT2D eigenvalue weighted by Crippen LogP contribution is 2.40. The topological polar surface area (TPSA) is 89.9 Å². The van der Waals surface area contributed by atoms with Crippen molar-refractivity contribution in [2.75, 3.05) is 25.6 Å². The van der Waals surface area contributed by atoms with Crippen LogP contribution in [0.15, 0.2) is 54.6 Å². The van der Waals surface area contributed by atoms with Crippen LogP contribution in [0.5, 0.6) is 17.4 Å². The molecule has 0 radical (unpaired) electrons. The van der Waals surface area contributed by atoms with Gasteiger partial charge in [0, 0.05) is 11.3 Å². The minimum atomic E-state index is -0.986. The molecule has 0 aliphatic carbocycles. The highest BCUT2D eigenvalue weighted by atomic mass is 16.6. The quantitative estimate of drug-likeness (QED) is 0.694. The van der Waals surface area contributed by atoms with Gasteiger partial charge in [0.15, 0.2) is 11.5 Å². The number of fused-ring (bicyclic) bond motifs is 1. The van der Waals surface area contributed by atoms with Gasteiger partial charge in [0.05, 0.1) is 18.4 Å². The third-order valence-corrected chi connectivity index (χ3v) is 4.28. The first-order valence-corrected chi connectivity index (χ1v) is 8.70. The summed E-state index contributed by atoms with van der Waals surface area (Å²) >= 11 is 0. The maximum Gasteiger partial charge on any atom is 0.335 e. The van der Waals surface area contributed by atoms with Gasteiger partial charge in [-0.25, -0.2) is 9.78 Å². The number of hydrogen-bond donors (Lipinski definition) is 2. The van der Waals surface area contributed by atoms with E-state index in [-0.39, 0.29) is 5.56 Å². The van der Waals surface area contributed by atoms with E-state index in [0.717, 1.165) is 5.56 Å². The van der Waals surface area contributed by atoms with Gasteiger partial charge in [-0.1, -0.05) is 12.1 Å². The van der Waals surface area contributed by atoms with Gasteiger partial charge in [-0.2, -0.15) is 0 Å². The standard InChI is InChI=1S/C21H18N2O5/c1-26-20-17(22-14-5-2-4-13(12-14)21(24)25)9-8-16(23-20)15-6-3-7-18-19(15)28-11-10-27-18/h2-9,12,22H,10-11H2,1H3,(H,24,25). The van der Waals surface area contributed by atoms with Crippen LogP contribution in [0, 0.1) is 0 Å². The van der Waals surface area contributed by atoms with Gasteiger partial charge in [-0.05, 0) is 42.5 Å². The maximum absolute atomic E-state index is 11.2. The van der Waals surface area contributed by atoms with Crippen LogP contribution in [0.2, 0.25) is 0 Å². The highest BCUT2D eigenvalue weighted by Gasteiger charge is 2.19. The summed E-state index contributed by atoms with van der Waals surface area (Å²) in [5.74, 6) is 0.753. The number of carbonyl (C=O) groups is 1. The number of anilines is 2. The van der Waals surface area contributed by atoms with Gasteiger partial charge >= 0.3 is 5.97 Å². The fraction of sp³-hybridized carbons (Fsp3) is 0.143. The zero-order valence-corrected chi connectivity index (χ0v) is 15.1. The number of aromatic carboxylic acids is 1. The molecule has 0 bridgehead atoms. The lowest BCUT2D eigenvalue weighted by Crippen LogP contribution is -2.16. The Balaban J connectivity index is 1.68. The van der Waals surface area contributed by atoms with Gasteiger partial charge in [0.1, 0.15) is 18.9 Å². The number of pyridine rings is 1. The first kappa shape index (κ1) is 17.7. The molecule has 0 fully saturated rings. The molecular formula is C21H18N2O5. The Hall–Kier alpha value is -3.74. The number of carboxylic acid groups (broad SMARTS) is 1. The Labute approximate surface area is 161 Å². The summed E-state index contributed by atoms with van der Waals surface area (Å²) in [6.07, 6.45) is 0. The Morgan fingerprint density at radius 2 is 1.93 bits per heavy atom. The molecule has 2 aromatic carbocycles. The SMILES string of the molecule is COc1nc(-c2cccc3c2OCCO3)ccc1Nc1cccc(C(=O)O)c1. The molecule has 0 saturated carbocycles. The molecule has 142 valence electrons. The monoisotopic (exact) mass is 378 g/mol. The summed E-state index contributed by atoms with van der Waals surface area (Å²) in [5.41, 5.74) is 2.94. The van der Waals surface area contributed by atoms with Crippen LogP contribution in [-0.2, 0) is 0 Å². The van der Waals surface area contributed by atoms with Crippen LogP contribution in [0.4, 0.5) is 11.4 Å². The van der Waals surface area contributed by atoms with E-state index in [1.54, 1.807) is 18.2 Å². The molecular weight excluding hydrogens is 360 g/mol. The van der Waals surface area contributed by atoms with Crippen molar-refractivity contribution in [2.45, 2.75) is 0 Å².